The summed E-state index contributed by atoms with van der Waals surface area (Å²) in [6.45, 7) is 6.50. The first-order chi connectivity index (χ1) is 10.8. The average Bonchev–Trinajstić information content (AvgIpc) is 3.20. The Balaban J connectivity index is 0.00000192. The molecule has 0 amide bonds. The number of hydrogen-bond donors (Lipinski definition) is 1. The lowest BCUT2D eigenvalue weighted by Crippen LogP contribution is -2.52. The highest BCUT2D eigenvalue weighted by Gasteiger charge is 2.20. The number of aliphatic imine (C=N–C) groups is 1. The Kier molecular flexibility index (Phi) is 6.70. The van der Waals surface area contributed by atoms with Crippen LogP contribution < -0.4 is 10.2 Å². The van der Waals surface area contributed by atoms with Crippen molar-refractivity contribution in [3.63, 3.8) is 0 Å². The molecule has 0 aliphatic carbocycles. The zero-order chi connectivity index (χ0) is 15.4. The SMILES string of the molecule is CN=C(NCc1cc(C)no1)N1CCN(c2cccs2)CC1.I. The third-order valence-corrected chi connectivity index (χ3v) is 4.64. The fourth-order valence-electron chi connectivity index (χ4n) is 2.59. The molecule has 126 valence electrons. The van der Waals surface area contributed by atoms with E-state index >= 15 is 0 Å². The molecule has 1 fully saturated rings. The van der Waals surface area contributed by atoms with Crippen molar-refractivity contribution in [1.82, 2.24) is 15.4 Å². The lowest BCUT2D eigenvalue weighted by molar-refractivity contribution is 0.357. The molecule has 0 aromatic carbocycles. The van der Waals surface area contributed by atoms with E-state index in [9.17, 15) is 0 Å². The fourth-order valence-corrected chi connectivity index (χ4v) is 3.37. The molecule has 8 heteroatoms. The lowest BCUT2D eigenvalue weighted by atomic mass is 10.3. The third kappa shape index (κ3) is 4.60. The second-order valence-corrected chi connectivity index (χ2v) is 6.19. The van der Waals surface area contributed by atoms with E-state index in [0.717, 1.165) is 43.6 Å². The number of rotatable bonds is 3. The van der Waals surface area contributed by atoms with Crippen LogP contribution in [0.2, 0.25) is 0 Å². The Morgan fingerprint density at radius 1 is 1.39 bits per heavy atom. The van der Waals surface area contributed by atoms with Gasteiger partial charge in [-0.15, -0.1) is 35.3 Å². The first-order valence-electron chi connectivity index (χ1n) is 7.42. The van der Waals surface area contributed by atoms with Crippen molar-refractivity contribution in [3.8, 4) is 0 Å². The number of aryl methyl sites for hydroxylation is 1. The largest absolute Gasteiger partial charge is 0.360 e. The van der Waals surface area contributed by atoms with Gasteiger partial charge in [0.05, 0.1) is 17.2 Å². The van der Waals surface area contributed by atoms with Gasteiger partial charge in [-0.25, -0.2) is 0 Å². The molecule has 0 bridgehead atoms. The van der Waals surface area contributed by atoms with E-state index in [1.807, 2.05) is 20.0 Å². The van der Waals surface area contributed by atoms with Crippen molar-refractivity contribution >= 4 is 46.3 Å². The minimum Gasteiger partial charge on any atom is -0.360 e. The molecule has 1 aliphatic heterocycles. The number of nitrogens with one attached hydrogen (secondary N) is 1. The minimum atomic E-state index is 0. The second kappa shape index (κ2) is 8.53. The molecule has 23 heavy (non-hydrogen) atoms. The van der Waals surface area contributed by atoms with Crippen LogP contribution in [0.1, 0.15) is 11.5 Å². The van der Waals surface area contributed by atoms with E-state index in [0.29, 0.717) is 6.54 Å². The smallest absolute Gasteiger partial charge is 0.194 e. The van der Waals surface area contributed by atoms with Crippen molar-refractivity contribution < 1.29 is 4.52 Å². The number of thiophene rings is 1. The molecule has 0 saturated carbocycles. The van der Waals surface area contributed by atoms with Crippen LogP contribution in [0.4, 0.5) is 5.00 Å². The highest BCUT2D eigenvalue weighted by Crippen LogP contribution is 2.22. The number of halogens is 1. The summed E-state index contributed by atoms with van der Waals surface area (Å²) in [5.41, 5.74) is 0.899. The van der Waals surface area contributed by atoms with Crippen molar-refractivity contribution in [2.45, 2.75) is 13.5 Å². The predicted octanol–water partition coefficient (Wildman–Crippen LogP) is 2.56. The molecule has 6 nitrogen and oxygen atoms in total. The van der Waals surface area contributed by atoms with Gasteiger partial charge in [0, 0.05) is 39.3 Å². The Morgan fingerprint density at radius 3 is 2.74 bits per heavy atom. The van der Waals surface area contributed by atoms with Gasteiger partial charge in [-0.1, -0.05) is 5.16 Å². The van der Waals surface area contributed by atoms with E-state index in [1.165, 1.54) is 5.00 Å². The molecular weight excluding hydrogens is 425 g/mol. The standard InChI is InChI=1S/C15H21N5OS.HI/c1-12-10-13(21-18-12)11-17-15(16-2)20-7-5-19(6-8-20)14-4-3-9-22-14;/h3-4,9-10H,5-8,11H2,1-2H3,(H,16,17);1H. The van der Waals surface area contributed by atoms with Crippen LogP contribution in [0.5, 0.6) is 0 Å². The lowest BCUT2D eigenvalue weighted by Gasteiger charge is -2.36. The Labute approximate surface area is 157 Å². The van der Waals surface area contributed by atoms with Crippen LogP contribution in [0.3, 0.4) is 0 Å². The summed E-state index contributed by atoms with van der Waals surface area (Å²) in [5.74, 6) is 1.75. The van der Waals surface area contributed by atoms with Gasteiger partial charge in [0.2, 0.25) is 0 Å². The molecule has 3 heterocycles. The Bertz CT molecular complexity index is 620. The first kappa shape index (κ1) is 18.1. The molecule has 1 N–H and O–H groups in total. The van der Waals surface area contributed by atoms with E-state index < -0.39 is 0 Å². The maximum absolute atomic E-state index is 5.22. The minimum absolute atomic E-state index is 0. The molecule has 2 aromatic heterocycles. The fraction of sp³-hybridized carbons (Fsp3) is 0.467. The zero-order valence-electron chi connectivity index (χ0n) is 13.4. The quantitative estimate of drug-likeness (QED) is 0.446. The first-order valence-corrected chi connectivity index (χ1v) is 8.30. The molecule has 0 spiro atoms. The van der Waals surface area contributed by atoms with Crippen molar-refractivity contribution in [2.24, 2.45) is 4.99 Å². The topological polar surface area (TPSA) is 56.9 Å². The van der Waals surface area contributed by atoms with Gasteiger partial charge in [-0.3, -0.25) is 4.99 Å². The van der Waals surface area contributed by atoms with Crippen molar-refractivity contribution in [1.29, 1.82) is 0 Å². The number of guanidine groups is 1. The summed E-state index contributed by atoms with van der Waals surface area (Å²) in [4.78, 5) is 9.08. The average molecular weight is 447 g/mol. The molecule has 1 saturated heterocycles. The van der Waals surface area contributed by atoms with Gasteiger partial charge >= 0.3 is 0 Å². The van der Waals surface area contributed by atoms with Crippen LogP contribution >= 0.6 is 35.3 Å². The molecule has 0 radical (unpaired) electrons. The maximum atomic E-state index is 5.22. The van der Waals surface area contributed by atoms with E-state index in [1.54, 1.807) is 11.3 Å². The molecule has 0 unspecified atom stereocenters. The Hall–Kier alpha value is -1.29. The molecular formula is C15H22IN5OS. The van der Waals surface area contributed by atoms with Gasteiger partial charge in [0.1, 0.15) is 0 Å². The van der Waals surface area contributed by atoms with Crippen LogP contribution in [0.25, 0.3) is 0 Å². The van der Waals surface area contributed by atoms with Crippen LogP contribution in [-0.4, -0.2) is 49.2 Å². The number of aromatic nitrogens is 1. The van der Waals surface area contributed by atoms with Crippen molar-refractivity contribution in [2.75, 3.05) is 38.1 Å². The molecule has 0 atom stereocenters. The number of hydrogen-bond acceptors (Lipinski definition) is 5. The summed E-state index contributed by atoms with van der Waals surface area (Å²) in [6.07, 6.45) is 0. The molecule has 2 aromatic rings. The molecule has 3 rings (SSSR count). The van der Waals surface area contributed by atoms with Crippen LogP contribution in [0.15, 0.2) is 33.1 Å². The predicted molar refractivity (Wildman–Crippen MR) is 105 cm³/mol. The number of nitrogens with zero attached hydrogens (tertiary/aromatic N) is 4. The highest BCUT2D eigenvalue weighted by molar-refractivity contribution is 14.0. The maximum Gasteiger partial charge on any atom is 0.194 e. The second-order valence-electron chi connectivity index (χ2n) is 5.26. The summed E-state index contributed by atoms with van der Waals surface area (Å²) in [7, 11) is 1.82. The summed E-state index contributed by atoms with van der Waals surface area (Å²) in [5, 5.41) is 10.7. The summed E-state index contributed by atoms with van der Waals surface area (Å²) >= 11 is 1.80. The monoisotopic (exact) mass is 447 g/mol. The highest BCUT2D eigenvalue weighted by atomic mass is 127. The number of piperazine rings is 1. The summed E-state index contributed by atoms with van der Waals surface area (Å²) in [6, 6.07) is 6.22. The van der Waals surface area contributed by atoms with E-state index in [4.69, 9.17) is 4.52 Å². The third-order valence-electron chi connectivity index (χ3n) is 3.71. The van der Waals surface area contributed by atoms with Gasteiger partial charge in [0.15, 0.2) is 11.7 Å². The molecule has 1 aliphatic rings. The summed E-state index contributed by atoms with van der Waals surface area (Å²) < 4.78 is 5.22. The number of anilines is 1. The van der Waals surface area contributed by atoms with Gasteiger partial charge < -0.3 is 19.6 Å². The van der Waals surface area contributed by atoms with E-state index in [2.05, 4.69) is 42.8 Å². The van der Waals surface area contributed by atoms with Gasteiger partial charge in [-0.2, -0.15) is 0 Å². The van der Waals surface area contributed by atoms with Gasteiger partial charge in [-0.05, 0) is 24.4 Å². The van der Waals surface area contributed by atoms with Crippen LogP contribution in [-0.2, 0) is 6.54 Å². The zero-order valence-corrected chi connectivity index (χ0v) is 16.5. The van der Waals surface area contributed by atoms with Crippen LogP contribution in [0, 0.1) is 6.92 Å². The van der Waals surface area contributed by atoms with Gasteiger partial charge in [0.25, 0.3) is 0 Å². The van der Waals surface area contributed by atoms with Crippen molar-refractivity contribution in [3.05, 3.63) is 35.0 Å². The normalized spacial score (nSPS) is 15.5. The Morgan fingerprint density at radius 2 is 2.17 bits per heavy atom. The van der Waals surface area contributed by atoms with E-state index in [-0.39, 0.29) is 24.0 Å².